The minimum atomic E-state index is -0.338. The molecule has 0 heterocycles. The van der Waals surface area contributed by atoms with Crippen LogP contribution in [0.5, 0.6) is 0 Å². The second-order valence-corrected chi connectivity index (χ2v) is 8.94. The summed E-state index contributed by atoms with van der Waals surface area (Å²) >= 11 is 0. The summed E-state index contributed by atoms with van der Waals surface area (Å²) in [6.45, 7) is 5.04. The third-order valence-electron chi connectivity index (χ3n) is 6.14. The number of nitriles is 1. The van der Waals surface area contributed by atoms with Crippen LogP contribution < -0.4 is 0 Å². The van der Waals surface area contributed by atoms with Crippen LogP contribution in [-0.2, 0) is 27.4 Å². The van der Waals surface area contributed by atoms with Gasteiger partial charge in [-0.25, -0.2) is 0 Å². The SMILES string of the molecule is CC(CO)C[C@@H](CCO)[C@H](OCOCc1ccccc1)[C@@H](C)[C@@H](CC#N)OCc1ccccc1. The van der Waals surface area contributed by atoms with Gasteiger partial charge in [-0.3, -0.25) is 0 Å². The van der Waals surface area contributed by atoms with Gasteiger partial charge in [0.25, 0.3) is 0 Å². The molecule has 0 aliphatic rings. The van der Waals surface area contributed by atoms with Crippen LogP contribution in [0.3, 0.4) is 0 Å². The normalized spacial score (nSPS) is 15.7. The zero-order valence-corrected chi connectivity index (χ0v) is 20.4. The highest BCUT2D eigenvalue weighted by Crippen LogP contribution is 2.31. The Labute approximate surface area is 204 Å². The highest BCUT2D eigenvalue weighted by atomic mass is 16.7. The first-order valence-corrected chi connectivity index (χ1v) is 12.1. The maximum absolute atomic E-state index is 9.73. The lowest BCUT2D eigenvalue weighted by Crippen LogP contribution is -2.40. The Balaban J connectivity index is 2.11. The first-order chi connectivity index (χ1) is 16.6. The second-order valence-electron chi connectivity index (χ2n) is 8.94. The number of aliphatic hydroxyl groups excluding tert-OH is 2. The highest BCUT2D eigenvalue weighted by molar-refractivity contribution is 5.14. The van der Waals surface area contributed by atoms with E-state index in [-0.39, 0.29) is 56.4 Å². The van der Waals surface area contributed by atoms with Crippen LogP contribution in [0.4, 0.5) is 0 Å². The number of benzene rings is 2. The van der Waals surface area contributed by atoms with Gasteiger partial charge in [0.2, 0.25) is 0 Å². The van der Waals surface area contributed by atoms with E-state index in [1.54, 1.807) is 0 Å². The number of nitrogens with zero attached hydrogens (tertiary/aromatic N) is 1. The third-order valence-corrected chi connectivity index (χ3v) is 6.14. The summed E-state index contributed by atoms with van der Waals surface area (Å²) in [5.74, 6) is -0.0603. The molecule has 0 spiro atoms. The van der Waals surface area contributed by atoms with Crippen molar-refractivity contribution < 1.29 is 24.4 Å². The first kappa shape index (κ1) is 28.0. The summed E-state index contributed by atoms with van der Waals surface area (Å²) in [4.78, 5) is 0. The Bertz CT molecular complexity index is 811. The molecular formula is C28H39NO5. The minimum absolute atomic E-state index is 0.0102. The second kappa shape index (κ2) is 16.4. The van der Waals surface area contributed by atoms with E-state index in [4.69, 9.17) is 14.2 Å². The van der Waals surface area contributed by atoms with Crippen molar-refractivity contribution in [2.45, 2.75) is 58.5 Å². The number of rotatable bonds is 17. The summed E-state index contributed by atoms with van der Waals surface area (Å²) in [6, 6.07) is 22.0. The fourth-order valence-electron chi connectivity index (χ4n) is 4.23. The van der Waals surface area contributed by atoms with Crippen molar-refractivity contribution in [2.24, 2.45) is 17.8 Å². The zero-order valence-electron chi connectivity index (χ0n) is 20.4. The van der Waals surface area contributed by atoms with E-state index in [2.05, 4.69) is 6.07 Å². The van der Waals surface area contributed by atoms with Crippen molar-refractivity contribution in [3.63, 3.8) is 0 Å². The highest BCUT2D eigenvalue weighted by Gasteiger charge is 2.34. The molecule has 0 aliphatic carbocycles. The Morgan fingerprint density at radius 1 is 0.882 bits per heavy atom. The molecule has 0 saturated carbocycles. The van der Waals surface area contributed by atoms with Crippen molar-refractivity contribution in [1.29, 1.82) is 5.26 Å². The van der Waals surface area contributed by atoms with E-state index in [0.29, 0.717) is 26.1 Å². The van der Waals surface area contributed by atoms with Gasteiger partial charge in [-0.1, -0.05) is 74.5 Å². The fourth-order valence-corrected chi connectivity index (χ4v) is 4.23. The molecule has 2 aromatic carbocycles. The molecule has 34 heavy (non-hydrogen) atoms. The molecule has 186 valence electrons. The van der Waals surface area contributed by atoms with E-state index in [0.717, 1.165) is 11.1 Å². The molecule has 0 fully saturated rings. The molecule has 6 nitrogen and oxygen atoms in total. The van der Waals surface area contributed by atoms with Gasteiger partial charge in [-0.2, -0.15) is 5.26 Å². The van der Waals surface area contributed by atoms with Gasteiger partial charge in [-0.15, -0.1) is 0 Å². The van der Waals surface area contributed by atoms with Gasteiger partial charge >= 0.3 is 0 Å². The molecule has 0 bridgehead atoms. The molecule has 1 unspecified atom stereocenters. The van der Waals surface area contributed by atoms with Crippen LogP contribution in [0.15, 0.2) is 60.7 Å². The summed E-state index contributed by atoms with van der Waals surface area (Å²) in [5, 5.41) is 28.8. The van der Waals surface area contributed by atoms with Gasteiger partial charge in [0.1, 0.15) is 6.79 Å². The third kappa shape index (κ3) is 9.92. The van der Waals surface area contributed by atoms with E-state index in [9.17, 15) is 15.5 Å². The lowest BCUT2D eigenvalue weighted by atomic mass is 9.81. The molecule has 0 saturated heterocycles. The topological polar surface area (TPSA) is 91.9 Å². The van der Waals surface area contributed by atoms with Crippen LogP contribution in [0.2, 0.25) is 0 Å². The van der Waals surface area contributed by atoms with Crippen molar-refractivity contribution in [1.82, 2.24) is 0 Å². The molecule has 2 rings (SSSR count). The minimum Gasteiger partial charge on any atom is -0.396 e. The lowest BCUT2D eigenvalue weighted by molar-refractivity contribution is -0.153. The van der Waals surface area contributed by atoms with Crippen LogP contribution in [0.25, 0.3) is 0 Å². The number of ether oxygens (including phenoxy) is 3. The number of aliphatic hydroxyl groups is 2. The van der Waals surface area contributed by atoms with Gasteiger partial charge in [0.05, 0.1) is 37.9 Å². The monoisotopic (exact) mass is 469 g/mol. The molecular weight excluding hydrogens is 430 g/mol. The van der Waals surface area contributed by atoms with Crippen molar-refractivity contribution in [3.8, 4) is 6.07 Å². The maximum Gasteiger partial charge on any atom is 0.147 e. The van der Waals surface area contributed by atoms with Gasteiger partial charge in [0.15, 0.2) is 0 Å². The maximum atomic E-state index is 9.73. The largest absolute Gasteiger partial charge is 0.396 e. The molecule has 0 aliphatic heterocycles. The molecule has 0 aromatic heterocycles. The van der Waals surface area contributed by atoms with Gasteiger partial charge < -0.3 is 24.4 Å². The first-order valence-electron chi connectivity index (χ1n) is 12.1. The van der Waals surface area contributed by atoms with Crippen LogP contribution >= 0.6 is 0 Å². The Morgan fingerprint density at radius 3 is 2.06 bits per heavy atom. The smallest absolute Gasteiger partial charge is 0.147 e. The van der Waals surface area contributed by atoms with Crippen LogP contribution in [0.1, 0.15) is 44.2 Å². The molecule has 0 radical (unpaired) electrons. The Kier molecular flexibility index (Phi) is 13.5. The zero-order chi connectivity index (χ0) is 24.6. The van der Waals surface area contributed by atoms with Crippen molar-refractivity contribution in [2.75, 3.05) is 20.0 Å². The van der Waals surface area contributed by atoms with E-state index in [1.165, 1.54) is 0 Å². The summed E-state index contributed by atoms with van der Waals surface area (Å²) in [6.07, 6.45) is 0.833. The predicted octanol–water partition coefficient (Wildman–Crippen LogP) is 4.70. The average molecular weight is 470 g/mol. The summed E-state index contributed by atoms with van der Waals surface area (Å²) in [5.41, 5.74) is 2.10. The predicted molar refractivity (Wildman–Crippen MR) is 131 cm³/mol. The standard InChI is InChI=1S/C28H39NO5/c1-22(18-31)17-26(14-16-30)28(34-21-32-19-24-9-5-3-6-10-24)23(2)27(13-15-29)33-20-25-11-7-4-8-12-25/h3-12,22-23,26-28,30-31H,13-14,16-21H2,1-2H3/t22?,23-,26+,27+,28+/m0/s1. The number of hydrogen-bond acceptors (Lipinski definition) is 6. The molecule has 2 aromatic rings. The van der Waals surface area contributed by atoms with Crippen molar-refractivity contribution >= 4 is 0 Å². The fraction of sp³-hybridized carbons (Fsp3) is 0.536. The molecule has 2 N–H and O–H groups in total. The van der Waals surface area contributed by atoms with E-state index < -0.39 is 0 Å². The quantitative estimate of drug-likeness (QED) is 0.258. The Morgan fingerprint density at radius 2 is 1.50 bits per heavy atom. The van der Waals surface area contributed by atoms with Crippen LogP contribution in [0, 0.1) is 29.1 Å². The average Bonchev–Trinajstić information content (AvgIpc) is 2.87. The van der Waals surface area contributed by atoms with Crippen LogP contribution in [-0.4, -0.2) is 42.4 Å². The van der Waals surface area contributed by atoms with Gasteiger partial charge in [0, 0.05) is 19.1 Å². The lowest BCUT2D eigenvalue weighted by Gasteiger charge is -2.36. The van der Waals surface area contributed by atoms with E-state index in [1.807, 2.05) is 74.5 Å². The van der Waals surface area contributed by atoms with Gasteiger partial charge in [-0.05, 0) is 35.8 Å². The molecule has 0 amide bonds. The molecule has 5 atom stereocenters. The van der Waals surface area contributed by atoms with E-state index >= 15 is 0 Å². The summed E-state index contributed by atoms with van der Waals surface area (Å²) < 4.78 is 18.2. The number of hydrogen-bond donors (Lipinski definition) is 2. The summed E-state index contributed by atoms with van der Waals surface area (Å²) in [7, 11) is 0. The Hall–Kier alpha value is -2.27. The van der Waals surface area contributed by atoms with Crippen molar-refractivity contribution in [3.05, 3.63) is 71.8 Å². The molecule has 6 heteroatoms.